The lowest BCUT2D eigenvalue weighted by Crippen LogP contribution is -2.30. The summed E-state index contributed by atoms with van der Waals surface area (Å²) in [5, 5.41) is 3.05. The Morgan fingerprint density at radius 2 is 1.79 bits per heavy atom. The molecule has 1 N–H and O–H groups in total. The minimum absolute atomic E-state index is 0.868. The van der Waals surface area contributed by atoms with E-state index >= 15 is 0 Å². The summed E-state index contributed by atoms with van der Waals surface area (Å²) in [5.41, 5.74) is 0. The average molecular weight is 265 g/mol. The van der Waals surface area contributed by atoms with Gasteiger partial charge in [-0.15, -0.1) is 0 Å². The van der Waals surface area contributed by atoms with E-state index in [1.54, 1.807) is 6.33 Å². The van der Waals surface area contributed by atoms with Crippen LogP contribution in [0.15, 0.2) is 12.4 Å². The molecule has 1 heterocycles. The standard InChI is InChI=1S/C14H27N5/c1-5-18(6-2)9-8-10-19(7-3)14-11-13(15-4)16-12-17-14/h11-12H,5-10H2,1-4H3,(H,15,16,17). The molecule has 0 radical (unpaired) electrons. The van der Waals surface area contributed by atoms with Gasteiger partial charge < -0.3 is 15.1 Å². The van der Waals surface area contributed by atoms with Gasteiger partial charge in [0.25, 0.3) is 0 Å². The van der Waals surface area contributed by atoms with Gasteiger partial charge in [-0.2, -0.15) is 0 Å². The Morgan fingerprint density at radius 1 is 1.05 bits per heavy atom. The van der Waals surface area contributed by atoms with Crippen LogP contribution in [-0.2, 0) is 0 Å². The van der Waals surface area contributed by atoms with Crippen molar-refractivity contribution in [1.82, 2.24) is 14.9 Å². The van der Waals surface area contributed by atoms with E-state index in [9.17, 15) is 0 Å². The van der Waals surface area contributed by atoms with E-state index in [4.69, 9.17) is 0 Å². The molecule has 1 rings (SSSR count). The van der Waals surface area contributed by atoms with Crippen LogP contribution >= 0.6 is 0 Å². The van der Waals surface area contributed by atoms with Gasteiger partial charge in [0, 0.05) is 26.2 Å². The summed E-state index contributed by atoms with van der Waals surface area (Å²) < 4.78 is 0. The Labute approximate surface area is 117 Å². The van der Waals surface area contributed by atoms with Crippen molar-refractivity contribution in [3.05, 3.63) is 12.4 Å². The summed E-state index contributed by atoms with van der Waals surface area (Å²) in [6.45, 7) is 12.0. The maximum Gasteiger partial charge on any atom is 0.134 e. The zero-order valence-corrected chi connectivity index (χ0v) is 12.7. The van der Waals surface area contributed by atoms with Crippen molar-refractivity contribution in [2.45, 2.75) is 27.2 Å². The first-order chi connectivity index (χ1) is 9.24. The number of hydrogen-bond acceptors (Lipinski definition) is 5. The SMILES string of the molecule is CCN(CC)CCCN(CC)c1cc(NC)ncn1. The van der Waals surface area contributed by atoms with Gasteiger partial charge in [0.05, 0.1) is 0 Å². The Hall–Kier alpha value is -1.36. The van der Waals surface area contributed by atoms with Crippen LogP contribution in [0.2, 0.25) is 0 Å². The molecule has 0 aromatic carbocycles. The molecule has 0 spiro atoms. The lowest BCUT2D eigenvalue weighted by atomic mass is 10.3. The molecule has 0 fully saturated rings. The molecule has 5 nitrogen and oxygen atoms in total. The topological polar surface area (TPSA) is 44.3 Å². The van der Waals surface area contributed by atoms with Crippen molar-refractivity contribution in [2.75, 3.05) is 50.0 Å². The number of rotatable bonds is 9. The summed E-state index contributed by atoms with van der Waals surface area (Å²) in [5.74, 6) is 1.87. The second-order valence-electron chi connectivity index (χ2n) is 4.47. The van der Waals surface area contributed by atoms with Crippen LogP contribution in [0.3, 0.4) is 0 Å². The van der Waals surface area contributed by atoms with Gasteiger partial charge >= 0.3 is 0 Å². The van der Waals surface area contributed by atoms with Gasteiger partial charge in [-0.1, -0.05) is 13.8 Å². The Balaban J connectivity index is 2.52. The molecule has 0 saturated heterocycles. The molecule has 0 bridgehead atoms. The van der Waals surface area contributed by atoms with Gasteiger partial charge in [0.2, 0.25) is 0 Å². The van der Waals surface area contributed by atoms with E-state index in [2.05, 4.69) is 45.9 Å². The number of aromatic nitrogens is 2. The van der Waals surface area contributed by atoms with Crippen molar-refractivity contribution in [1.29, 1.82) is 0 Å². The highest BCUT2D eigenvalue weighted by molar-refractivity contribution is 5.47. The van der Waals surface area contributed by atoms with Gasteiger partial charge in [-0.3, -0.25) is 0 Å². The molecule has 108 valence electrons. The summed E-state index contributed by atoms with van der Waals surface area (Å²) in [7, 11) is 1.88. The minimum Gasteiger partial charge on any atom is -0.373 e. The maximum atomic E-state index is 4.36. The van der Waals surface area contributed by atoms with Gasteiger partial charge in [0.1, 0.15) is 18.0 Å². The fourth-order valence-corrected chi connectivity index (χ4v) is 2.12. The molecular weight excluding hydrogens is 238 g/mol. The fraction of sp³-hybridized carbons (Fsp3) is 0.714. The van der Waals surface area contributed by atoms with Crippen molar-refractivity contribution in [3.63, 3.8) is 0 Å². The molecule has 5 heteroatoms. The highest BCUT2D eigenvalue weighted by atomic mass is 15.2. The first-order valence-corrected chi connectivity index (χ1v) is 7.22. The zero-order valence-electron chi connectivity index (χ0n) is 12.7. The van der Waals surface area contributed by atoms with Crippen molar-refractivity contribution >= 4 is 11.6 Å². The van der Waals surface area contributed by atoms with Crippen LogP contribution in [0, 0.1) is 0 Å². The van der Waals surface area contributed by atoms with E-state index in [1.165, 1.54) is 0 Å². The van der Waals surface area contributed by atoms with Gasteiger partial charge in [-0.05, 0) is 33.0 Å². The normalized spacial score (nSPS) is 10.8. The smallest absolute Gasteiger partial charge is 0.134 e. The van der Waals surface area contributed by atoms with E-state index in [0.717, 1.165) is 50.8 Å². The van der Waals surface area contributed by atoms with Crippen molar-refractivity contribution in [2.24, 2.45) is 0 Å². The third-order valence-corrected chi connectivity index (χ3v) is 3.41. The van der Waals surface area contributed by atoms with E-state index < -0.39 is 0 Å². The highest BCUT2D eigenvalue weighted by Gasteiger charge is 2.07. The maximum absolute atomic E-state index is 4.36. The molecule has 1 aromatic heterocycles. The molecular formula is C14H27N5. The summed E-state index contributed by atoms with van der Waals surface area (Å²) >= 11 is 0. The van der Waals surface area contributed by atoms with Crippen LogP contribution < -0.4 is 10.2 Å². The first kappa shape index (κ1) is 15.7. The largest absolute Gasteiger partial charge is 0.373 e. The quantitative estimate of drug-likeness (QED) is 0.740. The Morgan fingerprint density at radius 3 is 2.37 bits per heavy atom. The van der Waals surface area contributed by atoms with Crippen molar-refractivity contribution in [3.8, 4) is 0 Å². The summed E-state index contributed by atoms with van der Waals surface area (Å²) in [6.07, 6.45) is 2.78. The third-order valence-electron chi connectivity index (χ3n) is 3.41. The molecule has 19 heavy (non-hydrogen) atoms. The third kappa shape index (κ3) is 5.03. The van der Waals surface area contributed by atoms with Crippen LogP contribution in [0.5, 0.6) is 0 Å². The van der Waals surface area contributed by atoms with Crippen LogP contribution in [0.1, 0.15) is 27.2 Å². The Kier molecular flexibility index (Phi) is 7.18. The molecule has 0 aliphatic carbocycles. The molecule has 0 saturated carbocycles. The van der Waals surface area contributed by atoms with E-state index in [1.807, 2.05) is 13.1 Å². The van der Waals surface area contributed by atoms with Crippen LogP contribution in [-0.4, -0.2) is 54.6 Å². The van der Waals surface area contributed by atoms with Crippen LogP contribution in [0.4, 0.5) is 11.6 Å². The van der Waals surface area contributed by atoms with E-state index in [-0.39, 0.29) is 0 Å². The molecule has 0 unspecified atom stereocenters. The molecule has 0 aliphatic rings. The second-order valence-corrected chi connectivity index (χ2v) is 4.47. The predicted molar refractivity (Wildman–Crippen MR) is 81.9 cm³/mol. The summed E-state index contributed by atoms with van der Waals surface area (Å²) in [4.78, 5) is 13.3. The number of anilines is 2. The first-order valence-electron chi connectivity index (χ1n) is 7.22. The average Bonchev–Trinajstić information content (AvgIpc) is 2.47. The van der Waals surface area contributed by atoms with Crippen molar-refractivity contribution < 1.29 is 0 Å². The molecule has 0 amide bonds. The summed E-state index contributed by atoms with van der Waals surface area (Å²) in [6, 6.07) is 2.00. The van der Waals surface area contributed by atoms with Gasteiger partial charge in [-0.25, -0.2) is 9.97 Å². The molecule has 0 atom stereocenters. The second kappa shape index (κ2) is 8.69. The number of nitrogens with zero attached hydrogens (tertiary/aromatic N) is 4. The lowest BCUT2D eigenvalue weighted by Gasteiger charge is -2.24. The molecule has 1 aromatic rings. The van der Waals surface area contributed by atoms with Crippen LogP contribution in [0.25, 0.3) is 0 Å². The monoisotopic (exact) mass is 265 g/mol. The highest BCUT2D eigenvalue weighted by Crippen LogP contribution is 2.13. The fourth-order valence-electron chi connectivity index (χ4n) is 2.12. The van der Waals surface area contributed by atoms with E-state index in [0.29, 0.717) is 0 Å². The zero-order chi connectivity index (χ0) is 14.1. The van der Waals surface area contributed by atoms with Gasteiger partial charge in [0.15, 0.2) is 0 Å². The number of nitrogens with one attached hydrogen (secondary N) is 1. The predicted octanol–water partition coefficient (Wildman–Crippen LogP) is 2.08. The Bertz CT molecular complexity index is 351. The lowest BCUT2D eigenvalue weighted by molar-refractivity contribution is 0.300. The minimum atomic E-state index is 0.868. The number of hydrogen-bond donors (Lipinski definition) is 1. The molecule has 0 aliphatic heterocycles.